The molecule has 19 heavy (non-hydrogen) atoms. The first-order chi connectivity index (χ1) is 8.71. The fraction of sp³-hybridized carbons (Fsp3) is 0.571. The molecule has 1 aromatic carbocycles. The lowest BCUT2D eigenvalue weighted by Crippen LogP contribution is -2.27. The van der Waals surface area contributed by atoms with E-state index in [1.165, 1.54) is 6.07 Å². The van der Waals surface area contributed by atoms with E-state index in [0.29, 0.717) is 11.8 Å². The third-order valence-electron chi connectivity index (χ3n) is 3.57. The summed E-state index contributed by atoms with van der Waals surface area (Å²) in [5, 5.41) is 8.56. The van der Waals surface area contributed by atoms with Crippen LogP contribution in [0.4, 0.5) is 0 Å². The van der Waals surface area contributed by atoms with Crippen LogP contribution in [0.5, 0.6) is 0 Å². The number of nitrogens with one attached hydrogen (secondary N) is 1. The highest BCUT2D eigenvalue weighted by Gasteiger charge is 2.13. The number of benzene rings is 1. The zero-order valence-electron chi connectivity index (χ0n) is 12.1. The Kier molecular flexibility index (Phi) is 5.52. The number of nitrogens with two attached hydrogens (primary N) is 1. The van der Waals surface area contributed by atoms with Gasteiger partial charge < -0.3 is 5.32 Å². The minimum atomic E-state index is -3.63. The molecule has 0 amide bonds. The predicted octanol–water partition coefficient (Wildman–Crippen LogP) is 2.28. The highest BCUT2D eigenvalue weighted by atomic mass is 32.2. The average molecular weight is 284 g/mol. The first kappa shape index (κ1) is 16.1. The molecule has 0 aliphatic carbocycles. The lowest BCUT2D eigenvalue weighted by atomic mass is 9.97. The van der Waals surface area contributed by atoms with Crippen molar-refractivity contribution in [2.45, 2.75) is 38.6 Å². The molecule has 0 aliphatic heterocycles. The SMILES string of the molecule is CC(NCC(C)C(C)C)c1cccc(S(N)(=O)=O)c1. The van der Waals surface area contributed by atoms with Crippen molar-refractivity contribution in [3.05, 3.63) is 29.8 Å². The molecular formula is C14H24N2O2S. The van der Waals surface area contributed by atoms with Gasteiger partial charge in [0, 0.05) is 6.04 Å². The summed E-state index contributed by atoms with van der Waals surface area (Å²) in [6.45, 7) is 9.51. The molecule has 1 rings (SSSR count). The second-order valence-corrected chi connectivity index (χ2v) is 7.03. The largest absolute Gasteiger partial charge is 0.310 e. The highest BCUT2D eigenvalue weighted by molar-refractivity contribution is 7.89. The van der Waals surface area contributed by atoms with Gasteiger partial charge in [0.15, 0.2) is 0 Å². The maximum Gasteiger partial charge on any atom is 0.238 e. The molecule has 0 saturated heterocycles. The Balaban J connectivity index is 2.75. The number of sulfonamides is 1. The Hall–Kier alpha value is -0.910. The van der Waals surface area contributed by atoms with E-state index in [-0.39, 0.29) is 10.9 Å². The molecule has 0 bridgehead atoms. The topological polar surface area (TPSA) is 72.2 Å². The molecule has 0 heterocycles. The number of rotatable bonds is 6. The molecule has 0 saturated carbocycles. The van der Waals surface area contributed by atoms with Gasteiger partial charge in [-0.15, -0.1) is 0 Å². The Morgan fingerprint density at radius 3 is 2.37 bits per heavy atom. The average Bonchev–Trinajstić information content (AvgIpc) is 2.34. The summed E-state index contributed by atoms with van der Waals surface area (Å²) in [6, 6.07) is 6.88. The molecule has 2 unspecified atom stereocenters. The van der Waals surface area contributed by atoms with Crippen LogP contribution in [-0.2, 0) is 10.0 Å². The predicted molar refractivity (Wildman–Crippen MR) is 78.2 cm³/mol. The summed E-state index contributed by atoms with van der Waals surface area (Å²) in [5.41, 5.74) is 0.933. The third kappa shape index (κ3) is 4.93. The minimum absolute atomic E-state index is 0.0999. The molecule has 0 aliphatic rings. The molecule has 2 atom stereocenters. The van der Waals surface area contributed by atoms with E-state index in [2.05, 4.69) is 26.1 Å². The molecule has 108 valence electrons. The van der Waals surface area contributed by atoms with Gasteiger partial charge >= 0.3 is 0 Å². The van der Waals surface area contributed by atoms with Crippen LogP contribution in [0.15, 0.2) is 29.2 Å². The summed E-state index contributed by atoms with van der Waals surface area (Å²) in [6.07, 6.45) is 0. The fourth-order valence-corrected chi connectivity index (χ4v) is 2.25. The van der Waals surface area contributed by atoms with E-state index in [1.807, 2.05) is 13.0 Å². The van der Waals surface area contributed by atoms with E-state index >= 15 is 0 Å². The summed E-state index contributed by atoms with van der Waals surface area (Å²) in [4.78, 5) is 0.163. The van der Waals surface area contributed by atoms with Gasteiger partial charge in [-0.1, -0.05) is 32.9 Å². The Morgan fingerprint density at radius 2 is 1.84 bits per heavy atom. The summed E-state index contributed by atoms with van der Waals surface area (Å²) in [7, 11) is -3.63. The zero-order chi connectivity index (χ0) is 14.6. The maximum absolute atomic E-state index is 11.3. The lowest BCUT2D eigenvalue weighted by Gasteiger charge is -2.20. The van der Waals surface area contributed by atoms with E-state index in [1.54, 1.807) is 12.1 Å². The molecule has 0 fully saturated rings. The molecule has 0 radical (unpaired) electrons. The quantitative estimate of drug-likeness (QED) is 0.841. The van der Waals surface area contributed by atoms with Crippen molar-refractivity contribution in [3.63, 3.8) is 0 Å². The standard InChI is InChI=1S/C14H24N2O2S/c1-10(2)11(3)9-16-12(4)13-6-5-7-14(8-13)19(15,17)18/h5-8,10-12,16H,9H2,1-4H3,(H2,15,17,18). The molecule has 1 aromatic rings. The fourth-order valence-electron chi connectivity index (χ4n) is 1.68. The van der Waals surface area contributed by atoms with Gasteiger partial charge in [-0.2, -0.15) is 0 Å². The minimum Gasteiger partial charge on any atom is -0.310 e. The maximum atomic E-state index is 11.3. The zero-order valence-corrected chi connectivity index (χ0v) is 12.9. The van der Waals surface area contributed by atoms with Gasteiger partial charge in [-0.05, 0) is 43.0 Å². The van der Waals surface area contributed by atoms with Crippen molar-refractivity contribution >= 4 is 10.0 Å². The van der Waals surface area contributed by atoms with Gasteiger partial charge in [-0.3, -0.25) is 0 Å². The van der Waals surface area contributed by atoms with Crippen LogP contribution in [0.3, 0.4) is 0 Å². The normalized spacial score (nSPS) is 15.5. The second kappa shape index (κ2) is 6.50. The van der Waals surface area contributed by atoms with Gasteiger partial charge in [-0.25, -0.2) is 13.6 Å². The van der Waals surface area contributed by atoms with E-state index in [0.717, 1.165) is 12.1 Å². The van der Waals surface area contributed by atoms with Crippen LogP contribution in [0.1, 0.15) is 39.3 Å². The monoisotopic (exact) mass is 284 g/mol. The van der Waals surface area contributed by atoms with Crippen LogP contribution in [-0.4, -0.2) is 15.0 Å². The van der Waals surface area contributed by atoms with Crippen LogP contribution >= 0.6 is 0 Å². The Morgan fingerprint density at radius 1 is 1.21 bits per heavy atom. The van der Waals surface area contributed by atoms with Gasteiger partial charge in [0.05, 0.1) is 4.90 Å². The lowest BCUT2D eigenvalue weighted by molar-refractivity contribution is 0.375. The van der Waals surface area contributed by atoms with Crippen molar-refractivity contribution in [2.75, 3.05) is 6.54 Å². The van der Waals surface area contributed by atoms with Crippen LogP contribution < -0.4 is 10.5 Å². The molecular weight excluding hydrogens is 260 g/mol. The number of hydrogen-bond donors (Lipinski definition) is 2. The molecule has 5 heteroatoms. The smallest absolute Gasteiger partial charge is 0.238 e. The van der Waals surface area contributed by atoms with Crippen molar-refractivity contribution in [1.82, 2.24) is 5.32 Å². The van der Waals surface area contributed by atoms with E-state index in [4.69, 9.17) is 5.14 Å². The molecule has 4 nitrogen and oxygen atoms in total. The van der Waals surface area contributed by atoms with Gasteiger partial charge in [0.2, 0.25) is 10.0 Å². The van der Waals surface area contributed by atoms with Crippen LogP contribution in [0.2, 0.25) is 0 Å². The Labute approximate surface area is 116 Å². The summed E-state index contributed by atoms with van der Waals surface area (Å²) < 4.78 is 22.6. The van der Waals surface area contributed by atoms with E-state index in [9.17, 15) is 8.42 Å². The van der Waals surface area contributed by atoms with Gasteiger partial charge in [0.25, 0.3) is 0 Å². The van der Waals surface area contributed by atoms with Crippen LogP contribution in [0, 0.1) is 11.8 Å². The molecule has 3 N–H and O–H groups in total. The summed E-state index contributed by atoms with van der Waals surface area (Å²) in [5.74, 6) is 1.19. The number of primary sulfonamides is 1. The van der Waals surface area contributed by atoms with Crippen molar-refractivity contribution in [2.24, 2.45) is 17.0 Å². The number of hydrogen-bond acceptors (Lipinski definition) is 3. The first-order valence-corrected chi connectivity index (χ1v) is 8.12. The van der Waals surface area contributed by atoms with Crippen molar-refractivity contribution < 1.29 is 8.42 Å². The Bertz CT molecular complexity index is 512. The highest BCUT2D eigenvalue weighted by Crippen LogP contribution is 2.17. The second-order valence-electron chi connectivity index (χ2n) is 5.47. The summed E-state index contributed by atoms with van der Waals surface area (Å²) >= 11 is 0. The van der Waals surface area contributed by atoms with Gasteiger partial charge in [0.1, 0.15) is 0 Å². The van der Waals surface area contributed by atoms with Crippen LogP contribution in [0.25, 0.3) is 0 Å². The van der Waals surface area contributed by atoms with Crippen molar-refractivity contribution in [1.29, 1.82) is 0 Å². The molecule has 0 spiro atoms. The third-order valence-corrected chi connectivity index (χ3v) is 4.48. The molecule has 0 aromatic heterocycles. The van der Waals surface area contributed by atoms with E-state index < -0.39 is 10.0 Å². The van der Waals surface area contributed by atoms with Crippen molar-refractivity contribution in [3.8, 4) is 0 Å². The first-order valence-electron chi connectivity index (χ1n) is 6.58.